The zero-order valence-corrected chi connectivity index (χ0v) is 14.8. The minimum atomic E-state index is -1.50. The summed E-state index contributed by atoms with van der Waals surface area (Å²) in [6, 6.07) is 11.1. The fraction of sp³-hybridized carbons (Fsp3) is 0.421. The van der Waals surface area contributed by atoms with Crippen molar-refractivity contribution in [2.45, 2.75) is 37.1 Å². The van der Waals surface area contributed by atoms with Crippen molar-refractivity contribution in [1.82, 2.24) is 4.98 Å². The van der Waals surface area contributed by atoms with Crippen molar-refractivity contribution >= 4 is 0 Å². The summed E-state index contributed by atoms with van der Waals surface area (Å²) in [7, 11) is 1.60. The molecule has 2 heterocycles. The van der Waals surface area contributed by atoms with Gasteiger partial charge in [0.1, 0.15) is 30.2 Å². The molecule has 2 aromatic rings. The first-order valence-corrected chi connectivity index (χ1v) is 8.57. The average Bonchev–Trinajstić information content (AvgIpc) is 2.70. The van der Waals surface area contributed by atoms with Crippen molar-refractivity contribution in [1.29, 1.82) is 0 Å². The molecule has 1 aromatic carbocycles. The Labute approximate surface area is 156 Å². The zero-order chi connectivity index (χ0) is 19.4. The third kappa shape index (κ3) is 4.37. The predicted molar refractivity (Wildman–Crippen MR) is 94.4 cm³/mol. The highest BCUT2D eigenvalue weighted by Gasteiger charge is 2.45. The van der Waals surface area contributed by atoms with Gasteiger partial charge in [-0.2, -0.15) is 0 Å². The molecule has 27 heavy (non-hydrogen) atoms. The Balaban J connectivity index is 1.77. The van der Waals surface area contributed by atoms with Gasteiger partial charge in [0.2, 0.25) is 12.2 Å². The van der Waals surface area contributed by atoms with Crippen LogP contribution in [0.5, 0.6) is 11.6 Å². The molecule has 0 radical (unpaired) electrons. The standard InChI is InChI=1S/C19H23NO7/c1-25-13-6-4-11(5-7-13)9-12-3-2-8-20-18(12)27-19-17(24)16(23)15(22)14(10-21)26-19/h2-8,14-17,19,21-24H,9-10H2,1H3/t14-,15-,16+,17-,19+/m1/s1. The fourth-order valence-corrected chi connectivity index (χ4v) is 2.90. The van der Waals surface area contributed by atoms with E-state index < -0.39 is 37.3 Å². The lowest BCUT2D eigenvalue weighted by Crippen LogP contribution is -2.60. The number of hydrogen-bond donors (Lipinski definition) is 4. The highest BCUT2D eigenvalue weighted by Crippen LogP contribution is 2.26. The molecule has 1 fully saturated rings. The summed E-state index contributed by atoms with van der Waals surface area (Å²) in [6.07, 6.45) is -4.69. The summed E-state index contributed by atoms with van der Waals surface area (Å²) < 4.78 is 16.2. The number of methoxy groups -OCH3 is 1. The molecule has 4 N–H and O–H groups in total. The Morgan fingerprint density at radius 1 is 1.04 bits per heavy atom. The molecule has 3 rings (SSSR count). The molecule has 0 aliphatic carbocycles. The van der Waals surface area contributed by atoms with E-state index in [0.717, 1.165) is 16.9 Å². The maximum atomic E-state index is 10.1. The minimum Gasteiger partial charge on any atom is -0.497 e. The SMILES string of the molecule is COc1ccc(Cc2cccnc2O[C@@H]2O[C@H](CO)[C@@H](O)[C@H](O)[C@H]2O)cc1. The zero-order valence-electron chi connectivity index (χ0n) is 14.8. The van der Waals surface area contributed by atoms with Gasteiger partial charge in [-0.1, -0.05) is 18.2 Å². The van der Waals surface area contributed by atoms with Crippen molar-refractivity contribution in [2.24, 2.45) is 0 Å². The summed E-state index contributed by atoms with van der Waals surface area (Å²) >= 11 is 0. The largest absolute Gasteiger partial charge is 0.497 e. The Morgan fingerprint density at radius 3 is 2.44 bits per heavy atom. The summed E-state index contributed by atoms with van der Waals surface area (Å²) in [5.41, 5.74) is 1.75. The van der Waals surface area contributed by atoms with Crippen molar-refractivity contribution < 1.29 is 34.6 Å². The molecule has 0 bridgehead atoms. The number of pyridine rings is 1. The van der Waals surface area contributed by atoms with Crippen LogP contribution in [0.4, 0.5) is 0 Å². The van der Waals surface area contributed by atoms with E-state index in [-0.39, 0.29) is 5.88 Å². The molecule has 1 saturated heterocycles. The van der Waals surface area contributed by atoms with Crippen LogP contribution in [-0.4, -0.2) is 69.8 Å². The molecule has 1 aromatic heterocycles. The maximum absolute atomic E-state index is 10.1. The van der Waals surface area contributed by atoms with E-state index in [9.17, 15) is 20.4 Å². The van der Waals surface area contributed by atoms with Gasteiger partial charge in [-0.3, -0.25) is 0 Å². The number of benzene rings is 1. The van der Waals surface area contributed by atoms with Crippen LogP contribution >= 0.6 is 0 Å². The number of aliphatic hydroxyl groups excluding tert-OH is 4. The van der Waals surface area contributed by atoms with E-state index >= 15 is 0 Å². The van der Waals surface area contributed by atoms with Crippen molar-refractivity contribution in [3.05, 3.63) is 53.7 Å². The summed E-state index contributed by atoms with van der Waals surface area (Å²) in [6.45, 7) is -0.522. The Kier molecular flexibility index (Phi) is 6.25. The number of hydrogen-bond acceptors (Lipinski definition) is 8. The number of nitrogens with zero attached hydrogens (tertiary/aromatic N) is 1. The lowest BCUT2D eigenvalue weighted by atomic mass is 9.99. The lowest BCUT2D eigenvalue weighted by molar-refractivity contribution is -0.278. The second-order valence-electron chi connectivity index (χ2n) is 6.31. The summed E-state index contributed by atoms with van der Waals surface area (Å²) in [4.78, 5) is 4.19. The van der Waals surface area contributed by atoms with Gasteiger partial charge in [0, 0.05) is 18.2 Å². The van der Waals surface area contributed by atoms with Gasteiger partial charge in [-0.15, -0.1) is 0 Å². The van der Waals surface area contributed by atoms with Crippen molar-refractivity contribution in [3.63, 3.8) is 0 Å². The van der Waals surface area contributed by atoms with E-state index in [1.54, 1.807) is 13.2 Å². The normalized spacial score (nSPS) is 28.0. The van der Waals surface area contributed by atoms with Gasteiger partial charge in [-0.25, -0.2) is 4.98 Å². The molecule has 1 aliphatic rings. The van der Waals surface area contributed by atoms with Crippen LogP contribution < -0.4 is 9.47 Å². The van der Waals surface area contributed by atoms with Crippen LogP contribution in [0.3, 0.4) is 0 Å². The van der Waals surface area contributed by atoms with E-state index in [0.29, 0.717) is 6.42 Å². The van der Waals surface area contributed by atoms with Gasteiger partial charge >= 0.3 is 0 Å². The van der Waals surface area contributed by atoms with E-state index in [1.165, 1.54) is 6.20 Å². The first-order valence-electron chi connectivity index (χ1n) is 8.57. The van der Waals surface area contributed by atoms with E-state index in [1.807, 2.05) is 30.3 Å². The first-order chi connectivity index (χ1) is 13.0. The van der Waals surface area contributed by atoms with Gasteiger partial charge < -0.3 is 34.6 Å². The monoisotopic (exact) mass is 377 g/mol. The maximum Gasteiger partial charge on any atom is 0.231 e. The third-order valence-electron chi connectivity index (χ3n) is 4.48. The van der Waals surface area contributed by atoms with E-state index in [4.69, 9.17) is 14.2 Å². The highest BCUT2D eigenvalue weighted by molar-refractivity contribution is 5.35. The molecular formula is C19H23NO7. The second kappa shape index (κ2) is 8.64. The first kappa shape index (κ1) is 19.5. The molecule has 0 saturated carbocycles. The van der Waals surface area contributed by atoms with Crippen LogP contribution in [0, 0.1) is 0 Å². The van der Waals surface area contributed by atoms with Gasteiger partial charge in [0.15, 0.2) is 0 Å². The fourth-order valence-electron chi connectivity index (χ4n) is 2.90. The van der Waals surface area contributed by atoms with Crippen LogP contribution in [0.15, 0.2) is 42.6 Å². The van der Waals surface area contributed by atoms with Crippen LogP contribution in [0.2, 0.25) is 0 Å². The minimum absolute atomic E-state index is 0.234. The molecule has 8 heteroatoms. The predicted octanol–water partition coefficient (Wildman–Crippen LogP) is -0.140. The van der Waals surface area contributed by atoms with Crippen LogP contribution in [-0.2, 0) is 11.2 Å². The highest BCUT2D eigenvalue weighted by atomic mass is 16.7. The molecule has 146 valence electrons. The van der Waals surface area contributed by atoms with Gasteiger partial charge in [-0.05, 0) is 23.8 Å². The number of ether oxygens (including phenoxy) is 3. The lowest BCUT2D eigenvalue weighted by Gasteiger charge is -2.39. The molecule has 8 nitrogen and oxygen atoms in total. The molecule has 0 unspecified atom stereocenters. The molecule has 0 amide bonds. The third-order valence-corrected chi connectivity index (χ3v) is 4.48. The number of aromatic nitrogens is 1. The Bertz CT molecular complexity index is 737. The van der Waals surface area contributed by atoms with Crippen molar-refractivity contribution in [3.8, 4) is 11.6 Å². The molecule has 5 atom stereocenters. The average molecular weight is 377 g/mol. The quantitative estimate of drug-likeness (QED) is 0.549. The van der Waals surface area contributed by atoms with Crippen LogP contribution in [0.25, 0.3) is 0 Å². The second-order valence-corrected chi connectivity index (χ2v) is 6.31. The number of aliphatic hydroxyl groups is 4. The van der Waals surface area contributed by atoms with Crippen LogP contribution in [0.1, 0.15) is 11.1 Å². The van der Waals surface area contributed by atoms with Crippen molar-refractivity contribution in [2.75, 3.05) is 13.7 Å². The topological polar surface area (TPSA) is 122 Å². The molecule has 1 aliphatic heterocycles. The summed E-state index contributed by atoms with van der Waals surface area (Å²) in [5, 5.41) is 39.2. The molecule has 0 spiro atoms. The smallest absolute Gasteiger partial charge is 0.231 e. The summed E-state index contributed by atoms with van der Waals surface area (Å²) in [5.74, 6) is 0.986. The van der Waals surface area contributed by atoms with E-state index in [2.05, 4.69) is 4.98 Å². The number of rotatable bonds is 6. The Morgan fingerprint density at radius 2 is 1.78 bits per heavy atom. The Hall–Kier alpha value is -2.23. The van der Waals surface area contributed by atoms with Gasteiger partial charge in [0.05, 0.1) is 13.7 Å². The van der Waals surface area contributed by atoms with Gasteiger partial charge in [0.25, 0.3) is 0 Å². The molecular weight excluding hydrogens is 354 g/mol.